The van der Waals surface area contributed by atoms with Crippen molar-refractivity contribution >= 4 is 55.1 Å². The van der Waals surface area contributed by atoms with E-state index in [1.165, 1.54) is 7.11 Å². The zero-order valence-corrected chi connectivity index (χ0v) is 11.7. The highest BCUT2D eigenvalue weighted by Crippen LogP contribution is 2.28. The molecule has 0 radical (unpaired) electrons. The van der Waals surface area contributed by atoms with Crippen LogP contribution in [0.1, 0.15) is 0 Å². The number of ether oxygens (including phenoxy) is 1. The van der Waals surface area contributed by atoms with Gasteiger partial charge in [-0.15, -0.1) is 0 Å². The predicted octanol–water partition coefficient (Wildman–Crippen LogP) is 3.40. The van der Waals surface area contributed by atoms with Gasteiger partial charge in [0.05, 0.1) is 12.8 Å². The summed E-state index contributed by atoms with van der Waals surface area (Å²) >= 11 is 12.0. The molecule has 15 heavy (non-hydrogen) atoms. The van der Waals surface area contributed by atoms with Crippen LogP contribution in [0.4, 0.5) is 5.69 Å². The van der Waals surface area contributed by atoms with Gasteiger partial charge in [0.1, 0.15) is 9.49 Å². The Labute approximate surface area is 109 Å². The highest BCUT2D eigenvalue weighted by molar-refractivity contribution is 9.25. The molecule has 1 aromatic carbocycles. The fraction of sp³-hybridized carbons (Fsp3) is 0.222. The molecule has 0 saturated carbocycles. The zero-order chi connectivity index (χ0) is 11.4. The van der Waals surface area contributed by atoms with Crippen LogP contribution in [-0.2, 0) is 4.79 Å². The van der Waals surface area contributed by atoms with Crippen molar-refractivity contribution in [1.82, 2.24) is 0 Å². The van der Waals surface area contributed by atoms with Crippen LogP contribution in [-0.4, -0.2) is 16.8 Å². The molecule has 0 heterocycles. The van der Waals surface area contributed by atoms with E-state index in [2.05, 4.69) is 37.2 Å². The highest BCUT2D eigenvalue weighted by Gasteiger charge is 2.13. The van der Waals surface area contributed by atoms with Gasteiger partial charge in [-0.3, -0.25) is 4.79 Å². The number of anilines is 1. The summed E-state index contributed by atoms with van der Waals surface area (Å²) in [7, 11) is 1.53. The minimum Gasteiger partial charge on any atom is -0.495 e. The van der Waals surface area contributed by atoms with Crippen molar-refractivity contribution < 1.29 is 9.53 Å². The van der Waals surface area contributed by atoms with E-state index in [1.807, 2.05) is 0 Å². The summed E-state index contributed by atoms with van der Waals surface area (Å²) in [6, 6.07) is 5.01. The maximum absolute atomic E-state index is 11.4. The Balaban J connectivity index is 2.92. The second-order valence-corrected chi connectivity index (χ2v) is 6.13. The molecular formula is C9H8Br2ClNO2. The van der Waals surface area contributed by atoms with Crippen molar-refractivity contribution in [2.24, 2.45) is 0 Å². The van der Waals surface area contributed by atoms with Gasteiger partial charge in [-0.1, -0.05) is 43.5 Å². The lowest BCUT2D eigenvalue weighted by Gasteiger charge is -2.10. The van der Waals surface area contributed by atoms with Gasteiger partial charge in [0.15, 0.2) is 0 Å². The van der Waals surface area contributed by atoms with Crippen molar-refractivity contribution in [3.05, 3.63) is 23.2 Å². The molecule has 0 bridgehead atoms. The Morgan fingerprint density at radius 1 is 1.53 bits per heavy atom. The lowest BCUT2D eigenvalue weighted by molar-refractivity contribution is -0.114. The monoisotopic (exact) mass is 355 g/mol. The van der Waals surface area contributed by atoms with Crippen LogP contribution in [0.25, 0.3) is 0 Å². The van der Waals surface area contributed by atoms with E-state index < -0.39 is 3.74 Å². The molecular weight excluding hydrogens is 349 g/mol. The fourth-order valence-electron chi connectivity index (χ4n) is 0.965. The molecule has 1 aromatic rings. The largest absolute Gasteiger partial charge is 0.495 e. The number of halogens is 3. The first-order chi connectivity index (χ1) is 7.04. The lowest BCUT2D eigenvalue weighted by Crippen LogP contribution is -2.18. The Morgan fingerprint density at radius 2 is 2.20 bits per heavy atom. The average Bonchev–Trinajstić information content (AvgIpc) is 2.18. The van der Waals surface area contributed by atoms with Crippen LogP contribution >= 0.6 is 43.5 Å². The summed E-state index contributed by atoms with van der Waals surface area (Å²) < 4.78 is 4.63. The third kappa shape index (κ3) is 3.66. The fourth-order valence-corrected chi connectivity index (χ4v) is 1.37. The molecule has 0 atom stereocenters. The van der Waals surface area contributed by atoms with E-state index in [1.54, 1.807) is 18.2 Å². The number of rotatable bonds is 3. The summed E-state index contributed by atoms with van der Waals surface area (Å²) in [6.07, 6.45) is 0. The Bertz CT molecular complexity index is 371. The van der Waals surface area contributed by atoms with Crippen LogP contribution in [0.2, 0.25) is 5.02 Å². The molecule has 1 amide bonds. The minimum atomic E-state index is -0.450. The Morgan fingerprint density at radius 3 is 2.73 bits per heavy atom. The quantitative estimate of drug-likeness (QED) is 0.842. The van der Waals surface area contributed by atoms with Gasteiger partial charge in [-0.05, 0) is 18.2 Å². The first-order valence-corrected chi connectivity index (χ1v) is 6.18. The highest BCUT2D eigenvalue weighted by atomic mass is 79.9. The third-order valence-corrected chi connectivity index (χ3v) is 2.68. The summed E-state index contributed by atoms with van der Waals surface area (Å²) in [6.45, 7) is 0. The topological polar surface area (TPSA) is 38.3 Å². The number of nitrogens with one attached hydrogen (secondary N) is 1. The van der Waals surface area contributed by atoms with Gasteiger partial charge in [-0.2, -0.15) is 0 Å². The molecule has 3 nitrogen and oxygen atoms in total. The number of amides is 1. The van der Waals surface area contributed by atoms with Crippen molar-refractivity contribution in [2.75, 3.05) is 12.4 Å². The van der Waals surface area contributed by atoms with Crippen molar-refractivity contribution in [3.63, 3.8) is 0 Å². The van der Waals surface area contributed by atoms with E-state index in [9.17, 15) is 4.79 Å². The summed E-state index contributed by atoms with van der Waals surface area (Å²) in [5, 5.41) is 3.19. The summed E-state index contributed by atoms with van der Waals surface area (Å²) in [5.41, 5.74) is 0.541. The number of hydrogen-bond acceptors (Lipinski definition) is 2. The van der Waals surface area contributed by atoms with Gasteiger partial charge in [0, 0.05) is 5.02 Å². The molecule has 0 aliphatic carbocycles. The molecule has 0 aromatic heterocycles. The number of methoxy groups -OCH3 is 1. The first kappa shape index (κ1) is 12.8. The number of carbonyl (C=O) groups excluding carboxylic acids is 1. The molecule has 0 fully saturated rings. The average molecular weight is 357 g/mol. The van der Waals surface area contributed by atoms with Gasteiger partial charge in [0.2, 0.25) is 5.91 Å². The van der Waals surface area contributed by atoms with Crippen LogP contribution < -0.4 is 10.1 Å². The number of hydrogen-bond donors (Lipinski definition) is 1. The maximum atomic E-state index is 11.4. The number of carbonyl (C=O) groups is 1. The van der Waals surface area contributed by atoms with E-state index in [4.69, 9.17) is 16.3 Å². The maximum Gasteiger partial charge on any atom is 0.249 e. The third-order valence-electron chi connectivity index (χ3n) is 1.62. The van der Waals surface area contributed by atoms with Gasteiger partial charge in [-0.25, -0.2) is 0 Å². The summed E-state index contributed by atoms with van der Waals surface area (Å²) in [4.78, 5) is 11.4. The van der Waals surface area contributed by atoms with Crippen molar-refractivity contribution in [3.8, 4) is 5.75 Å². The second kappa shape index (κ2) is 5.72. The first-order valence-electron chi connectivity index (χ1n) is 3.97. The molecule has 0 aliphatic heterocycles. The number of alkyl halides is 2. The van der Waals surface area contributed by atoms with Gasteiger partial charge >= 0.3 is 0 Å². The molecule has 1 rings (SSSR count). The van der Waals surface area contributed by atoms with Gasteiger partial charge < -0.3 is 10.1 Å². The molecule has 6 heteroatoms. The molecule has 82 valence electrons. The normalized spacial score (nSPS) is 10.2. The number of benzene rings is 1. The summed E-state index contributed by atoms with van der Waals surface area (Å²) in [5.74, 6) is 0.337. The molecule has 1 N–H and O–H groups in total. The Hall–Kier alpha value is -0.260. The SMILES string of the molecule is COc1ccc(Cl)cc1NC(=O)C(Br)Br. The second-order valence-electron chi connectivity index (χ2n) is 2.63. The van der Waals surface area contributed by atoms with E-state index >= 15 is 0 Å². The molecule has 0 spiro atoms. The van der Waals surface area contributed by atoms with Crippen LogP contribution in [0, 0.1) is 0 Å². The predicted molar refractivity (Wildman–Crippen MR) is 68.3 cm³/mol. The van der Waals surface area contributed by atoms with Gasteiger partial charge in [0.25, 0.3) is 0 Å². The standard InChI is InChI=1S/C9H8Br2ClNO2/c1-15-7-3-2-5(12)4-6(7)13-9(14)8(10)11/h2-4,8H,1H3,(H,13,14). The zero-order valence-electron chi connectivity index (χ0n) is 7.76. The van der Waals surface area contributed by atoms with E-state index in [0.29, 0.717) is 16.5 Å². The molecule has 0 aliphatic rings. The van der Waals surface area contributed by atoms with Crippen LogP contribution in [0.15, 0.2) is 18.2 Å². The minimum absolute atomic E-state index is 0.226. The van der Waals surface area contributed by atoms with Crippen molar-refractivity contribution in [2.45, 2.75) is 3.74 Å². The van der Waals surface area contributed by atoms with Crippen LogP contribution in [0.3, 0.4) is 0 Å². The van der Waals surface area contributed by atoms with E-state index in [-0.39, 0.29) is 5.91 Å². The molecule has 0 unspecified atom stereocenters. The van der Waals surface area contributed by atoms with Crippen LogP contribution in [0.5, 0.6) is 5.75 Å². The Kier molecular flexibility index (Phi) is 4.89. The molecule has 0 saturated heterocycles. The van der Waals surface area contributed by atoms with Crippen molar-refractivity contribution in [1.29, 1.82) is 0 Å². The lowest BCUT2D eigenvalue weighted by atomic mass is 10.3. The smallest absolute Gasteiger partial charge is 0.249 e. The van der Waals surface area contributed by atoms with E-state index in [0.717, 1.165) is 0 Å².